The van der Waals surface area contributed by atoms with Crippen LogP contribution in [0.25, 0.3) is 0 Å². The maximum absolute atomic E-state index is 12.2. The normalized spacial score (nSPS) is 13.8. The molecule has 2 heterocycles. The molecule has 104 valence electrons. The Morgan fingerprint density at radius 1 is 1.35 bits per heavy atom. The molecular formula is C16H17NO3. The average Bonchev–Trinajstić information content (AvgIpc) is 2.84. The van der Waals surface area contributed by atoms with Gasteiger partial charge in [0.2, 0.25) is 0 Å². The summed E-state index contributed by atoms with van der Waals surface area (Å²) in [5.41, 5.74) is 4.68. The lowest BCUT2D eigenvalue weighted by Gasteiger charge is -2.12. The van der Waals surface area contributed by atoms with E-state index in [9.17, 15) is 4.79 Å². The number of ether oxygens (including phenoxy) is 2. The van der Waals surface area contributed by atoms with Crippen LogP contribution in [0.4, 0.5) is 0 Å². The molecule has 0 amide bonds. The first kappa shape index (κ1) is 12.9. The van der Waals surface area contributed by atoms with Gasteiger partial charge in [-0.25, -0.2) is 4.79 Å². The second kappa shape index (κ2) is 5.51. The minimum absolute atomic E-state index is 0.291. The molecule has 1 aromatic carbocycles. The Hall–Kier alpha value is -2.07. The molecule has 3 rings (SSSR count). The monoisotopic (exact) mass is 271 g/mol. The van der Waals surface area contributed by atoms with Gasteiger partial charge in [0.25, 0.3) is 0 Å². The van der Waals surface area contributed by atoms with E-state index in [0.717, 1.165) is 28.8 Å². The molecule has 0 spiro atoms. The van der Waals surface area contributed by atoms with Crippen LogP contribution in [0.15, 0.2) is 30.3 Å². The van der Waals surface area contributed by atoms with E-state index in [2.05, 4.69) is 4.98 Å². The molecule has 0 bridgehead atoms. The van der Waals surface area contributed by atoms with Gasteiger partial charge in [0.15, 0.2) is 0 Å². The SMILES string of the molecule is Cc1c(C(=O)OCc2ccccc2)[nH]c2c1COCC2. The molecule has 20 heavy (non-hydrogen) atoms. The largest absolute Gasteiger partial charge is 0.456 e. The molecule has 4 heteroatoms. The van der Waals surface area contributed by atoms with Crippen LogP contribution in [0.3, 0.4) is 0 Å². The van der Waals surface area contributed by atoms with Gasteiger partial charge in [0, 0.05) is 17.7 Å². The Labute approximate surface area is 117 Å². The molecule has 1 aliphatic rings. The van der Waals surface area contributed by atoms with Gasteiger partial charge in [0.05, 0.1) is 13.2 Å². The smallest absolute Gasteiger partial charge is 0.355 e. The van der Waals surface area contributed by atoms with Crippen LogP contribution < -0.4 is 0 Å². The van der Waals surface area contributed by atoms with Crippen molar-refractivity contribution in [1.82, 2.24) is 4.98 Å². The van der Waals surface area contributed by atoms with Gasteiger partial charge >= 0.3 is 5.97 Å². The van der Waals surface area contributed by atoms with E-state index < -0.39 is 0 Å². The van der Waals surface area contributed by atoms with Crippen molar-refractivity contribution in [2.24, 2.45) is 0 Å². The first-order valence-electron chi connectivity index (χ1n) is 6.75. The number of aromatic amines is 1. The van der Waals surface area contributed by atoms with Crippen molar-refractivity contribution in [2.75, 3.05) is 6.61 Å². The highest BCUT2D eigenvalue weighted by atomic mass is 16.5. The van der Waals surface area contributed by atoms with E-state index in [0.29, 0.717) is 25.5 Å². The highest BCUT2D eigenvalue weighted by Gasteiger charge is 2.22. The Balaban J connectivity index is 1.73. The average molecular weight is 271 g/mol. The number of H-pyrrole nitrogens is 1. The molecule has 0 fully saturated rings. The lowest BCUT2D eigenvalue weighted by Crippen LogP contribution is -2.08. The fourth-order valence-electron chi connectivity index (χ4n) is 2.45. The predicted octanol–water partition coefficient (Wildman–Crippen LogP) is 2.75. The number of hydrogen-bond acceptors (Lipinski definition) is 3. The third-order valence-electron chi connectivity index (χ3n) is 3.63. The molecular weight excluding hydrogens is 254 g/mol. The van der Waals surface area contributed by atoms with Gasteiger partial charge in [-0.05, 0) is 18.1 Å². The van der Waals surface area contributed by atoms with E-state index in [1.54, 1.807) is 0 Å². The summed E-state index contributed by atoms with van der Waals surface area (Å²) in [5, 5.41) is 0. The Morgan fingerprint density at radius 2 is 2.15 bits per heavy atom. The molecule has 0 saturated heterocycles. The lowest BCUT2D eigenvalue weighted by molar-refractivity contribution is 0.0465. The van der Waals surface area contributed by atoms with E-state index >= 15 is 0 Å². The molecule has 0 radical (unpaired) electrons. The zero-order chi connectivity index (χ0) is 13.9. The minimum Gasteiger partial charge on any atom is -0.456 e. The molecule has 4 nitrogen and oxygen atoms in total. The second-order valence-electron chi connectivity index (χ2n) is 4.95. The van der Waals surface area contributed by atoms with Crippen molar-refractivity contribution in [3.05, 3.63) is 58.4 Å². The zero-order valence-corrected chi connectivity index (χ0v) is 11.4. The summed E-state index contributed by atoms with van der Waals surface area (Å²) >= 11 is 0. The number of nitrogens with one attached hydrogen (secondary N) is 1. The lowest BCUT2D eigenvalue weighted by atomic mass is 10.1. The van der Waals surface area contributed by atoms with E-state index in [1.807, 2.05) is 37.3 Å². The number of rotatable bonds is 3. The number of aromatic nitrogens is 1. The van der Waals surface area contributed by atoms with Crippen LogP contribution in [0.5, 0.6) is 0 Å². The van der Waals surface area contributed by atoms with Gasteiger partial charge in [0.1, 0.15) is 12.3 Å². The van der Waals surface area contributed by atoms with Crippen LogP contribution in [0, 0.1) is 6.92 Å². The van der Waals surface area contributed by atoms with Gasteiger partial charge in [-0.2, -0.15) is 0 Å². The van der Waals surface area contributed by atoms with Crippen LogP contribution in [0.2, 0.25) is 0 Å². The van der Waals surface area contributed by atoms with Crippen molar-refractivity contribution in [2.45, 2.75) is 26.6 Å². The number of hydrogen-bond donors (Lipinski definition) is 1. The van der Waals surface area contributed by atoms with Gasteiger partial charge in [-0.15, -0.1) is 0 Å². The first-order chi connectivity index (χ1) is 9.75. The van der Waals surface area contributed by atoms with Crippen molar-refractivity contribution in [3.63, 3.8) is 0 Å². The highest BCUT2D eigenvalue weighted by molar-refractivity contribution is 5.89. The van der Waals surface area contributed by atoms with E-state index in [4.69, 9.17) is 9.47 Å². The summed E-state index contributed by atoms with van der Waals surface area (Å²) in [7, 11) is 0. The fourth-order valence-corrected chi connectivity index (χ4v) is 2.45. The standard InChI is InChI=1S/C16H17NO3/c1-11-13-10-19-8-7-14(13)17-15(11)16(18)20-9-12-5-3-2-4-6-12/h2-6,17H,7-10H2,1H3. The van der Waals surface area contributed by atoms with Crippen molar-refractivity contribution < 1.29 is 14.3 Å². The summed E-state index contributed by atoms with van der Waals surface area (Å²) in [4.78, 5) is 15.3. The van der Waals surface area contributed by atoms with Crippen molar-refractivity contribution >= 4 is 5.97 Å². The number of fused-ring (bicyclic) bond motifs is 1. The summed E-state index contributed by atoms with van der Waals surface area (Å²) < 4.78 is 10.8. The number of carbonyl (C=O) groups is 1. The molecule has 0 unspecified atom stereocenters. The molecule has 0 aliphatic carbocycles. The summed E-state index contributed by atoms with van der Waals surface area (Å²) in [6.45, 7) is 3.50. The number of carbonyl (C=O) groups excluding carboxylic acids is 1. The quantitative estimate of drug-likeness (QED) is 0.873. The van der Waals surface area contributed by atoms with Crippen LogP contribution in [-0.2, 0) is 29.1 Å². The highest BCUT2D eigenvalue weighted by Crippen LogP contribution is 2.24. The third-order valence-corrected chi connectivity index (χ3v) is 3.63. The van der Waals surface area contributed by atoms with Crippen LogP contribution in [0.1, 0.15) is 32.9 Å². The first-order valence-corrected chi connectivity index (χ1v) is 6.75. The molecule has 1 N–H and O–H groups in total. The predicted molar refractivity (Wildman–Crippen MR) is 74.5 cm³/mol. The van der Waals surface area contributed by atoms with Gasteiger partial charge < -0.3 is 14.5 Å². The molecule has 0 saturated carbocycles. The van der Waals surface area contributed by atoms with Crippen molar-refractivity contribution in [1.29, 1.82) is 0 Å². The van der Waals surface area contributed by atoms with Crippen molar-refractivity contribution in [3.8, 4) is 0 Å². The van der Waals surface area contributed by atoms with Gasteiger partial charge in [-0.1, -0.05) is 30.3 Å². The molecule has 1 aromatic heterocycles. The summed E-state index contributed by atoms with van der Waals surface area (Å²) in [6.07, 6.45) is 0.822. The topological polar surface area (TPSA) is 51.3 Å². The molecule has 2 aromatic rings. The Kier molecular flexibility index (Phi) is 3.56. The summed E-state index contributed by atoms with van der Waals surface area (Å²) in [5.74, 6) is -0.305. The van der Waals surface area contributed by atoms with Crippen LogP contribution in [-0.4, -0.2) is 17.6 Å². The summed E-state index contributed by atoms with van der Waals surface area (Å²) in [6, 6.07) is 9.67. The van der Waals surface area contributed by atoms with Crippen LogP contribution >= 0.6 is 0 Å². The molecule has 1 aliphatic heterocycles. The number of esters is 1. The maximum Gasteiger partial charge on any atom is 0.355 e. The minimum atomic E-state index is -0.305. The maximum atomic E-state index is 12.2. The second-order valence-corrected chi connectivity index (χ2v) is 4.95. The fraction of sp³-hybridized carbons (Fsp3) is 0.312. The van der Waals surface area contributed by atoms with E-state index in [-0.39, 0.29) is 5.97 Å². The Morgan fingerprint density at radius 3 is 2.90 bits per heavy atom. The number of benzene rings is 1. The molecule has 0 atom stereocenters. The Bertz CT molecular complexity index is 616. The van der Waals surface area contributed by atoms with E-state index in [1.165, 1.54) is 0 Å². The zero-order valence-electron chi connectivity index (χ0n) is 11.4. The van der Waals surface area contributed by atoms with Gasteiger partial charge in [-0.3, -0.25) is 0 Å². The third kappa shape index (κ3) is 2.47.